The van der Waals surface area contributed by atoms with Crippen LogP contribution < -0.4 is 5.73 Å². The molecule has 0 spiro atoms. The molecule has 0 aliphatic carbocycles. The number of rotatable bonds is 5. The van der Waals surface area contributed by atoms with Crippen LogP contribution in [0.5, 0.6) is 0 Å². The van der Waals surface area contributed by atoms with E-state index in [9.17, 15) is 0 Å². The molecule has 1 aromatic heterocycles. The van der Waals surface area contributed by atoms with Gasteiger partial charge in [-0.15, -0.1) is 0 Å². The summed E-state index contributed by atoms with van der Waals surface area (Å²) in [6, 6.07) is 8.16. The lowest BCUT2D eigenvalue weighted by Gasteiger charge is -2.03. The van der Waals surface area contributed by atoms with Crippen LogP contribution in [0.3, 0.4) is 0 Å². The summed E-state index contributed by atoms with van der Waals surface area (Å²) in [5.41, 5.74) is 9.83. The lowest BCUT2D eigenvalue weighted by molar-refractivity contribution is 0.149. The number of anilines is 1. The first-order valence-electron chi connectivity index (χ1n) is 6.11. The molecule has 4 heteroatoms. The lowest BCUT2D eigenvalue weighted by Crippen LogP contribution is -2.00. The zero-order valence-electron chi connectivity index (χ0n) is 10.8. The standard InChI is InChI=1S/C14H18N2O2/c1-3-17-9-8-12-13(14(15)18-16-12)11-6-4-10(2)5-7-11/h4-7H,3,8-9,15H2,1-2H3. The van der Waals surface area contributed by atoms with E-state index in [4.69, 9.17) is 15.0 Å². The van der Waals surface area contributed by atoms with Crippen molar-refractivity contribution < 1.29 is 9.26 Å². The molecule has 2 rings (SSSR count). The predicted molar refractivity (Wildman–Crippen MR) is 71.3 cm³/mol. The van der Waals surface area contributed by atoms with Crippen LogP contribution in [0.25, 0.3) is 11.1 Å². The van der Waals surface area contributed by atoms with Crippen molar-refractivity contribution in [1.82, 2.24) is 5.16 Å². The molecular formula is C14H18N2O2. The number of ether oxygens (including phenoxy) is 1. The highest BCUT2D eigenvalue weighted by atomic mass is 16.5. The van der Waals surface area contributed by atoms with Gasteiger partial charge in [-0.2, -0.15) is 0 Å². The Labute approximate surface area is 107 Å². The Kier molecular flexibility index (Phi) is 3.99. The quantitative estimate of drug-likeness (QED) is 0.824. The SMILES string of the molecule is CCOCCc1noc(N)c1-c1ccc(C)cc1. The Morgan fingerprint density at radius 2 is 2.00 bits per heavy atom. The highest BCUT2D eigenvalue weighted by molar-refractivity contribution is 5.75. The van der Waals surface area contributed by atoms with E-state index in [0.29, 0.717) is 25.5 Å². The summed E-state index contributed by atoms with van der Waals surface area (Å²) in [5, 5.41) is 4.01. The molecule has 1 aromatic carbocycles. The van der Waals surface area contributed by atoms with Gasteiger partial charge in [-0.1, -0.05) is 35.0 Å². The fraction of sp³-hybridized carbons (Fsp3) is 0.357. The normalized spacial score (nSPS) is 10.8. The Hall–Kier alpha value is -1.81. The van der Waals surface area contributed by atoms with Crippen molar-refractivity contribution in [3.8, 4) is 11.1 Å². The summed E-state index contributed by atoms with van der Waals surface area (Å²) in [5.74, 6) is 0.366. The molecule has 96 valence electrons. The van der Waals surface area contributed by atoms with E-state index >= 15 is 0 Å². The molecule has 2 N–H and O–H groups in total. The molecule has 0 unspecified atom stereocenters. The molecular weight excluding hydrogens is 228 g/mol. The minimum Gasteiger partial charge on any atom is -0.381 e. The van der Waals surface area contributed by atoms with Crippen LogP contribution in [-0.2, 0) is 11.2 Å². The monoisotopic (exact) mass is 246 g/mol. The maximum atomic E-state index is 5.85. The average molecular weight is 246 g/mol. The minimum atomic E-state index is 0.366. The third-order valence-corrected chi connectivity index (χ3v) is 2.82. The maximum Gasteiger partial charge on any atom is 0.230 e. The topological polar surface area (TPSA) is 61.3 Å². The van der Waals surface area contributed by atoms with Crippen LogP contribution in [0.1, 0.15) is 18.2 Å². The Morgan fingerprint density at radius 3 is 2.67 bits per heavy atom. The van der Waals surface area contributed by atoms with Gasteiger partial charge >= 0.3 is 0 Å². The number of hydrogen-bond donors (Lipinski definition) is 1. The second-order valence-electron chi connectivity index (χ2n) is 4.18. The maximum absolute atomic E-state index is 5.85. The molecule has 0 atom stereocenters. The average Bonchev–Trinajstić information content (AvgIpc) is 2.72. The van der Waals surface area contributed by atoms with E-state index in [0.717, 1.165) is 16.8 Å². The smallest absolute Gasteiger partial charge is 0.230 e. The molecule has 1 heterocycles. The molecule has 18 heavy (non-hydrogen) atoms. The summed E-state index contributed by atoms with van der Waals surface area (Å²) < 4.78 is 10.4. The zero-order valence-corrected chi connectivity index (χ0v) is 10.8. The van der Waals surface area contributed by atoms with Crippen molar-refractivity contribution in [1.29, 1.82) is 0 Å². The molecule has 0 aliphatic heterocycles. The molecule has 4 nitrogen and oxygen atoms in total. The van der Waals surface area contributed by atoms with Crippen molar-refractivity contribution in [2.45, 2.75) is 20.3 Å². The molecule has 0 saturated heterocycles. The van der Waals surface area contributed by atoms with Crippen molar-refractivity contribution in [2.75, 3.05) is 18.9 Å². The van der Waals surface area contributed by atoms with E-state index in [-0.39, 0.29) is 0 Å². The van der Waals surface area contributed by atoms with Crippen molar-refractivity contribution >= 4 is 5.88 Å². The second-order valence-corrected chi connectivity index (χ2v) is 4.18. The first kappa shape index (κ1) is 12.6. The number of nitrogen functional groups attached to an aromatic ring is 1. The van der Waals surface area contributed by atoms with Crippen molar-refractivity contribution in [3.05, 3.63) is 35.5 Å². The second kappa shape index (κ2) is 5.69. The number of benzene rings is 1. The van der Waals surface area contributed by atoms with E-state index in [1.165, 1.54) is 5.56 Å². The van der Waals surface area contributed by atoms with Crippen LogP contribution in [0.4, 0.5) is 5.88 Å². The van der Waals surface area contributed by atoms with Gasteiger partial charge in [0.05, 0.1) is 17.9 Å². The van der Waals surface area contributed by atoms with Gasteiger partial charge in [-0.3, -0.25) is 0 Å². The van der Waals surface area contributed by atoms with E-state index in [1.54, 1.807) is 0 Å². The third kappa shape index (κ3) is 2.71. The number of nitrogens with two attached hydrogens (primary N) is 1. The van der Waals surface area contributed by atoms with Gasteiger partial charge in [0.25, 0.3) is 0 Å². The number of hydrogen-bond acceptors (Lipinski definition) is 4. The van der Waals surface area contributed by atoms with Crippen LogP contribution in [0.2, 0.25) is 0 Å². The van der Waals surface area contributed by atoms with Gasteiger partial charge in [0.1, 0.15) is 0 Å². The molecule has 0 saturated carbocycles. The van der Waals surface area contributed by atoms with Crippen LogP contribution in [0.15, 0.2) is 28.8 Å². The Bertz CT molecular complexity index is 503. The lowest BCUT2D eigenvalue weighted by atomic mass is 10.0. The van der Waals surface area contributed by atoms with Gasteiger partial charge in [0.15, 0.2) is 0 Å². The van der Waals surface area contributed by atoms with Gasteiger partial charge < -0.3 is 15.0 Å². The van der Waals surface area contributed by atoms with Gasteiger partial charge in [-0.25, -0.2) is 0 Å². The summed E-state index contributed by atoms with van der Waals surface area (Å²) in [4.78, 5) is 0. The molecule has 2 aromatic rings. The largest absolute Gasteiger partial charge is 0.381 e. The van der Waals surface area contributed by atoms with Crippen LogP contribution in [0, 0.1) is 6.92 Å². The fourth-order valence-corrected chi connectivity index (χ4v) is 1.85. The highest BCUT2D eigenvalue weighted by Gasteiger charge is 2.15. The molecule has 0 aliphatic rings. The first-order chi connectivity index (χ1) is 8.72. The molecule has 0 bridgehead atoms. The molecule has 0 fully saturated rings. The van der Waals surface area contributed by atoms with Crippen LogP contribution in [-0.4, -0.2) is 18.4 Å². The minimum absolute atomic E-state index is 0.366. The van der Waals surface area contributed by atoms with E-state index < -0.39 is 0 Å². The summed E-state index contributed by atoms with van der Waals surface area (Å²) in [6.07, 6.45) is 0.706. The van der Waals surface area contributed by atoms with Crippen molar-refractivity contribution in [3.63, 3.8) is 0 Å². The third-order valence-electron chi connectivity index (χ3n) is 2.82. The molecule has 0 amide bonds. The predicted octanol–water partition coefficient (Wildman–Crippen LogP) is 2.81. The Morgan fingerprint density at radius 1 is 1.28 bits per heavy atom. The van der Waals surface area contributed by atoms with E-state index in [2.05, 4.69) is 12.1 Å². The Balaban J connectivity index is 2.25. The fourth-order valence-electron chi connectivity index (χ4n) is 1.85. The summed E-state index contributed by atoms with van der Waals surface area (Å²) in [7, 11) is 0. The van der Waals surface area contributed by atoms with Gasteiger partial charge in [0.2, 0.25) is 5.88 Å². The van der Waals surface area contributed by atoms with Gasteiger partial charge in [0, 0.05) is 13.0 Å². The summed E-state index contributed by atoms with van der Waals surface area (Å²) in [6.45, 7) is 5.35. The van der Waals surface area contributed by atoms with E-state index in [1.807, 2.05) is 31.2 Å². The molecule has 0 radical (unpaired) electrons. The number of aromatic nitrogens is 1. The number of aryl methyl sites for hydroxylation is 1. The van der Waals surface area contributed by atoms with Crippen molar-refractivity contribution in [2.24, 2.45) is 0 Å². The number of nitrogens with zero attached hydrogens (tertiary/aromatic N) is 1. The highest BCUT2D eigenvalue weighted by Crippen LogP contribution is 2.30. The summed E-state index contributed by atoms with van der Waals surface area (Å²) >= 11 is 0. The first-order valence-corrected chi connectivity index (χ1v) is 6.11. The zero-order chi connectivity index (χ0) is 13.0. The van der Waals surface area contributed by atoms with Crippen LogP contribution >= 0.6 is 0 Å². The van der Waals surface area contributed by atoms with Gasteiger partial charge in [-0.05, 0) is 19.4 Å².